The lowest BCUT2D eigenvalue weighted by Gasteiger charge is -2.06. The number of ether oxygens (including phenoxy) is 1. The molecular weight excluding hydrogens is 358 g/mol. The molecular formula is C18H16ClN3O4. The summed E-state index contributed by atoms with van der Waals surface area (Å²) in [6.45, 7) is 1.84. The highest BCUT2D eigenvalue weighted by molar-refractivity contribution is 6.31. The molecule has 0 bridgehead atoms. The molecule has 0 saturated carbocycles. The second-order valence-corrected chi connectivity index (χ2v) is 5.92. The van der Waals surface area contributed by atoms with Crippen LogP contribution in [0.25, 0.3) is 0 Å². The molecule has 2 aromatic heterocycles. The maximum absolute atomic E-state index is 11.9. The molecule has 2 heterocycles. The first kappa shape index (κ1) is 17.8. The maximum Gasteiger partial charge on any atom is 0.413 e. The van der Waals surface area contributed by atoms with Gasteiger partial charge in [-0.2, -0.15) is 5.10 Å². The van der Waals surface area contributed by atoms with E-state index in [-0.39, 0.29) is 12.4 Å². The molecule has 1 N–H and O–H groups in total. The first-order valence-electron chi connectivity index (χ1n) is 7.81. The highest BCUT2D eigenvalue weighted by atomic mass is 35.5. The summed E-state index contributed by atoms with van der Waals surface area (Å²) in [7, 11) is 0. The molecule has 0 saturated heterocycles. The summed E-state index contributed by atoms with van der Waals surface area (Å²) in [5, 5.41) is 7.28. The molecule has 0 radical (unpaired) electrons. The quantitative estimate of drug-likeness (QED) is 0.656. The van der Waals surface area contributed by atoms with E-state index in [2.05, 4.69) is 10.4 Å². The third-order valence-corrected chi connectivity index (χ3v) is 3.88. The van der Waals surface area contributed by atoms with Crippen LogP contribution in [-0.2, 0) is 17.9 Å². The van der Waals surface area contributed by atoms with Crippen molar-refractivity contribution in [1.29, 1.82) is 0 Å². The molecule has 134 valence electrons. The van der Waals surface area contributed by atoms with Gasteiger partial charge in [0.2, 0.25) is 0 Å². The fourth-order valence-corrected chi connectivity index (χ4v) is 2.42. The number of aromatic nitrogens is 2. The number of anilines is 1. The number of rotatable bonds is 6. The molecule has 0 unspecified atom stereocenters. The molecule has 0 atom stereocenters. The van der Waals surface area contributed by atoms with Crippen LogP contribution in [0.1, 0.15) is 28.8 Å². The number of hydrogen-bond donors (Lipinski definition) is 1. The standard InChI is InChI=1S/C18H16ClN3O4/c1-12(23)16-7-6-14(26-16)10-22-9-8-17(21-22)20-18(24)25-11-13-4-2-3-5-15(13)19/h2-9H,10-11H2,1H3,(H,20,21,24). The van der Waals surface area contributed by atoms with Crippen molar-refractivity contribution in [3.05, 3.63) is 70.8 Å². The van der Waals surface area contributed by atoms with Crippen molar-refractivity contribution < 1.29 is 18.7 Å². The minimum absolute atomic E-state index is 0.0619. The van der Waals surface area contributed by atoms with Gasteiger partial charge in [0.05, 0.1) is 6.54 Å². The third-order valence-electron chi connectivity index (χ3n) is 3.51. The Hall–Kier alpha value is -3.06. The van der Waals surface area contributed by atoms with E-state index in [0.717, 1.165) is 0 Å². The van der Waals surface area contributed by atoms with Gasteiger partial charge in [-0.05, 0) is 18.2 Å². The minimum atomic E-state index is -0.632. The Morgan fingerprint density at radius 1 is 1.23 bits per heavy atom. The van der Waals surface area contributed by atoms with E-state index in [1.54, 1.807) is 47.3 Å². The van der Waals surface area contributed by atoms with Crippen LogP contribution in [0.3, 0.4) is 0 Å². The number of Topliss-reactive ketones (excluding diaryl/α,β-unsaturated/α-hetero) is 1. The number of furan rings is 1. The van der Waals surface area contributed by atoms with E-state index >= 15 is 0 Å². The number of amides is 1. The number of nitrogens with zero attached hydrogens (tertiary/aromatic N) is 2. The Labute approximate surface area is 154 Å². The predicted octanol–water partition coefficient (Wildman–Crippen LogP) is 4.13. The van der Waals surface area contributed by atoms with E-state index in [1.807, 2.05) is 6.07 Å². The van der Waals surface area contributed by atoms with Gasteiger partial charge in [-0.15, -0.1) is 0 Å². The first-order valence-corrected chi connectivity index (χ1v) is 8.19. The average Bonchev–Trinajstić information content (AvgIpc) is 3.24. The van der Waals surface area contributed by atoms with Crippen molar-refractivity contribution in [3.63, 3.8) is 0 Å². The number of halogens is 1. The molecule has 7 nitrogen and oxygen atoms in total. The molecule has 0 fully saturated rings. The molecule has 1 amide bonds. The second-order valence-electron chi connectivity index (χ2n) is 5.51. The van der Waals surface area contributed by atoms with Gasteiger partial charge < -0.3 is 9.15 Å². The van der Waals surface area contributed by atoms with Gasteiger partial charge in [0, 0.05) is 29.8 Å². The minimum Gasteiger partial charge on any atom is -0.456 e. The number of carbonyl (C=O) groups is 2. The van der Waals surface area contributed by atoms with Gasteiger partial charge in [0.25, 0.3) is 0 Å². The molecule has 3 aromatic rings. The monoisotopic (exact) mass is 373 g/mol. The highest BCUT2D eigenvalue weighted by Crippen LogP contribution is 2.16. The van der Waals surface area contributed by atoms with E-state index in [4.69, 9.17) is 20.8 Å². The Morgan fingerprint density at radius 2 is 2.04 bits per heavy atom. The van der Waals surface area contributed by atoms with Gasteiger partial charge in [-0.1, -0.05) is 29.8 Å². The summed E-state index contributed by atoms with van der Waals surface area (Å²) in [6.07, 6.45) is 1.05. The summed E-state index contributed by atoms with van der Waals surface area (Å²) >= 11 is 6.01. The van der Waals surface area contributed by atoms with Crippen LogP contribution < -0.4 is 5.32 Å². The highest BCUT2D eigenvalue weighted by Gasteiger charge is 2.10. The first-order chi connectivity index (χ1) is 12.5. The molecule has 0 aliphatic carbocycles. The van der Waals surface area contributed by atoms with Crippen molar-refractivity contribution in [2.24, 2.45) is 0 Å². The smallest absolute Gasteiger partial charge is 0.413 e. The van der Waals surface area contributed by atoms with Gasteiger partial charge in [-0.3, -0.25) is 14.8 Å². The van der Waals surface area contributed by atoms with Crippen LogP contribution in [-0.4, -0.2) is 21.7 Å². The lowest BCUT2D eigenvalue weighted by atomic mass is 10.2. The average molecular weight is 374 g/mol. The van der Waals surface area contributed by atoms with E-state index in [9.17, 15) is 9.59 Å². The fourth-order valence-electron chi connectivity index (χ4n) is 2.23. The van der Waals surface area contributed by atoms with Crippen molar-refractivity contribution >= 4 is 29.3 Å². The van der Waals surface area contributed by atoms with E-state index < -0.39 is 6.09 Å². The number of hydrogen-bond acceptors (Lipinski definition) is 5. The predicted molar refractivity (Wildman–Crippen MR) is 95.3 cm³/mol. The molecule has 3 rings (SSSR count). The van der Waals surface area contributed by atoms with Gasteiger partial charge in [0.15, 0.2) is 17.4 Å². The van der Waals surface area contributed by atoms with Gasteiger partial charge >= 0.3 is 6.09 Å². The molecule has 1 aromatic carbocycles. The largest absolute Gasteiger partial charge is 0.456 e. The van der Waals surface area contributed by atoms with E-state index in [1.165, 1.54) is 6.92 Å². The topological polar surface area (TPSA) is 86.4 Å². The van der Waals surface area contributed by atoms with Crippen molar-refractivity contribution in [2.75, 3.05) is 5.32 Å². The van der Waals surface area contributed by atoms with Crippen LogP contribution in [0.15, 0.2) is 53.1 Å². The zero-order valence-electron chi connectivity index (χ0n) is 13.9. The Balaban J connectivity index is 1.53. The van der Waals surface area contributed by atoms with Crippen LogP contribution >= 0.6 is 11.6 Å². The number of carbonyl (C=O) groups excluding carboxylic acids is 2. The lowest BCUT2D eigenvalue weighted by Crippen LogP contribution is -2.14. The van der Waals surface area contributed by atoms with Crippen LogP contribution in [0.2, 0.25) is 5.02 Å². The fraction of sp³-hybridized carbons (Fsp3) is 0.167. The second kappa shape index (κ2) is 7.88. The summed E-state index contributed by atoms with van der Waals surface area (Å²) in [4.78, 5) is 23.1. The van der Waals surface area contributed by atoms with Crippen molar-refractivity contribution in [1.82, 2.24) is 9.78 Å². The SMILES string of the molecule is CC(=O)c1ccc(Cn2ccc(NC(=O)OCc3ccccc3Cl)n2)o1. The summed E-state index contributed by atoms with van der Waals surface area (Å²) < 4.78 is 12.1. The number of benzene rings is 1. The molecule has 0 aliphatic rings. The third kappa shape index (κ3) is 4.52. The summed E-state index contributed by atoms with van der Waals surface area (Å²) in [5.74, 6) is 1.09. The number of ketones is 1. The lowest BCUT2D eigenvalue weighted by molar-refractivity contribution is 0.0985. The molecule has 26 heavy (non-hydrogen) atoms. The summed E-state index contributed by atoms with van der Waals surface area (Å²) in [6, 6.07) is 12.1. The molecule has 0 aliphatic heterocycles. The number of nitrogens with one attached hydrogen (secondary N) is 1. The van der Waals surface area contributed by atoms with E-state index in [0.29, 0.717) is 34.5 Å². The van der Waals surface area contributed by atoms with Gasteiger partial charge in [-0.25, -0.2) is 4.79 Å². The van der Waals surface area contributed by atoms with Gasteiger partial charge in [0.1, 0.15) is 12.4 Å². The van der Waals surface area contributed by atoms with Crippen LogP contribution in [0.5, 0.6) is 0 Å². The zero-order chi connectivity index (χ0) is 18.5. The van der Waals surface area contributed by atoms with Crippen LogP contribution in [0, 0.1) is 0 Å². The normalized spacial score (nSPS) is 10.5. The Kier molecular flexibility index (Phi) is 5.38. The zero-order valence-corrected chi connectivity index (χ0v) is 14.7. The summed E-state index contributed by atoms with van der Waals surface area (Å²) in [5.41, 5.74) is 0.717. The molecule has 8 heteroatoms. The van der Waals surface area contributed by atoms with Crippen LogP contribution in [0.4, 0.5) is 10.6 Å². The van der Waals surface area contributed by atoms with Crippen molar-refractivity contribution in [2.45, 2.75) is 20.1 Å². The Bertz CT molecular complexity index is 932. The van der Waals surface area contributed by atoms with Crippen molar-refractivity contribution in [3.8, 4) is 0 Å². The Morgan fingerprint density at radius 3 is 2.77 bits per heavy atom. The molecule has 0 spiro atoms. The maximum atomic E-state index is 11.9.